The summed E-state index contributed by atoms with van der Waals surface area (Å²) in [4.78, 5) is 17.0. The summed E-state index contributed by atoms with van der Waals surface area (Å²) in [6.07, 6.45) is 4.47. The fourth-order valence-corrected chi connectivity index (χ4v) is 3.31. The van der Waals surface area contributed by atoms with Crippen LogP contribution >= 0.6 is 0 Å². The predicted octanol–water partition coefficient (Wildman–Crippen LogP) is 1.66. The molecule has 19 heavy (non-hydrogen) atoms. The minimum Gasteiger partial charge on any atom is -0.325 e. The lowest BCUT2D eigenvalue weighted by Gasteiger charge is -2.36. The Morgan fingerprint density at radius 1 is 1.32 bits per heavy atom. The van der Waals surface area contributed by atoms with Crippen molar-refractivity contribution >= 4 is 5.91 Å². The number of hydrogen-bond acceptors (Lipinski definition) is 3. The van der Waals surface area contributed by atoms with Crippen LogP contribution in [0.1, 0.15) is 46.5 Å². The number of likely N-dealkylation sites (tertiary alicyclic amines) is 1. The molecule has 0 aromatic rings. The summed E-state index contributed by atoms with van der Waals surface area (Å²) in [5.41, 5.74) is 0. The molecule has 0 aromatic carbocycles. The van der Waals surface area contributed by atoms with Crippen molar-refractivity contribution in [2.24, 2.45) is 5.92 Å². The van der Waals surface area contributed by atoms with Gasteiger partial charge in [0, 0.05) is 19.1 Å². The summed E-state index contributed by atoms with van der Waals surface area (Å²) in [6, 6.07) is 0.527. The lowest BCUT2D eigenvalue weighted by molar-refractivity contribution is -0.132. The Bertz CT molecular complexity index is 298. The summed E-state index contributed by atoms with van der Waals surface area (Å²) in [7, 11) is 0. The molecule has 2 rings (SSSR count). The molecule has 0 saturated carbocycles. The fraction of sp³-hybridized carbons (Fsp3) is 0.933. The Morgan fingerprint density at radius 2 is 2.00 bits per heavy atom. The van der Waals surface area contributed by atoms with Gasteiger partial charge in [-0.15, -0.1) is 0 Å². The van der Waals surface area contributed by atoms with Gasteiger partial charge in [0.1, 0.15) is 0 Å². The molecule has 0 aliphatic carbocycles. The number of amides is 1. The normalized spacial score (nSPS) is 26.6. The van der Waals surface area contributed by atoms with Crippen LogP contribution < -0.4 is 5.32 Å². The summed E-state index contributed by atoms with van der Waals surface area (Å²) < 4.78 is 0. The van der Waals surface area contributed by atoms with Crippen LogP contribution in [-0.2, 0) is 4.79 Å². The first-order valence-electron chi connectivity index (χ1n) is 7.88. The first-order valence-corrected chi connectivity index (χ1v) is 7.88. The van der Waals surface area contributed by atoms with Crippen molar-refractivity contribution in [1.82, 2.24) is 15.1 Å². The number of nitrogens with one attached hydrogen (secondary N) is 1. The highest BCUT2D eigenvalue weighted by molar-refractivity contribution is 5.84. The van der Waals surface area contributed by atoms with Crippen molar-refractivity contribution in [3.05, 3.63) is 0 Å². The average Bonchev–Trinajstić information content (AvgIpc) is 2.72. The Morgan fingerprint density at radius 3 is 2.58 bits per heavy atom. The van der Waals surface area contributed by atoms with Crippen LogP contribution in [0.3, 0.4) is 0 Å². The molecule has 1 unspecified atom stereocenters. The van der Waals surface area contributed by atoms with Crippen LogP contribution in [0.5, 0.6) is 0 Å². The third-order valence-corrected chi connectivity index (χ3v) is 4.33. The quantitative estimate of drug-likeness (QED) is 0.823. The van der Waals surface area contributed by atoms with Crippen LogP contribution in [0.15, 0.2) is 0 Å². The van der Waals surface area contributed by atoms with Gasteiger partial charge in [-0.2, -0.15) is 0 Å². The average molecular weight is 267 g/mol. The molecule has 1 amide bonds. The van der Waals surface area contributed by atoms with Gasteiger partial charge in [0.2, 0.25) is 5.91 Å². The summed E-state index contributed by atoms with van der Waals surface area (Å²) in [5.74, 6) is 0.912. The second-order valence-corrected chi connectivity index (χ2v) is 6.43. The molecule has 0 bridgehead atoms. The summed E-state index contributed by atoms with van der Waals surface area (Å²) in [6.45, 7) is 10.9. The summed E-state index contributed by atoms with van der Waals surface area (Å²) >= 11 is 0. The molecule has 2 fully saturated rings. The standard InChI is InChI=1S/C15H29N3O/c1-4-7-17-8-5-13(6-9-17)18-11-16-14(15(18)19)10-12(2)3/h12-14,16H,4-11H2,1-3H3. The number of piperidine rings is 1. The molecular weight excluding hydrogens is 238 g/mol. The van der Waals surface area contributed by atoms with E-state index in [1.807, 2.05) is 0 Å². The van der Waals surface area contributed by atoms with Crippen molar-refractivity contribution in [3.63, 3.8) is 0 Å². The molecule has 0 aromatic heterocycles. The number of carbonyl (C=O) groups is 1. The van der Waals surface area contributed by atoms with Crippen molar-refractivity contribution in [2.45, 2.75) is 58.5 Å². The number of carbonyl (C=O) groups excluding carboxylic acids is 1. The van der Waals surface area contributed by atoms with Crippen molar-refractivity contribution < 1.29 is 4.79 Å². The van der Waals surface area contributed by atoms with Crippen LogP contribution in [0.2, 0.25) is 0 Å². The second-order valence-electron chi connectivity index (χ2n) is 6.43. The van der Waals surface area contributed by atoms with Crippen LogP contribution in [0.25, 0.3) is 0 Å². The van der Waals surface area contributed by atoms with Crippen LogP contribution in [-0.4, -0.2) is 54.1 Å². The van der Waals surface area contributed by atoms with Gasteiger partial charge in [0.05, 0.1) is 12.7 Å². The van der Waals surface area contributed by atoms with Crippen molar-refractivity contribution in [1.29, 1.82) is 0 Å². The van der Waals surface area contributed by atoms with E-state index in [0.717, 1.165) is 39.0 Å². The maximum Gasteiger partial charge on any atom is 0.241 e. The van der Waals surface area contributed by atoms with E-state index >= 15 is 0 Å². The molecule has 1 atom stereocenters. The Labute approximate surface area is 117 Å². The highest BCUT2D eigenvalue weighted by atomic mass is 16.2. The van der Waals surface area contributed by atoms with Crippen molar-refractivity contribution in [3.8, 4) is 0 Å². The van der Waals surface area contributed by atoms with E-state index in [1.54, 1.807) is 0 Å². The lowest BCUT2D eigenvalue weighted by atomic mass is 10.0. The summed E-state index contributed by atoms with van der Waals surface area (Å²) in [5, 5.41) is 3.38. The SMILES string of the molecule is CCCN1CCC(N2CNC(CC(C)C)C2=O)CC1. The predicted molar refractivity (Wildman–Crippen MR) is 77.8 cm³/mol. The molecule has 2 heterocycles. The van der Waals surface area contributed by atoms with Gasteiger partial charge >= 0.3 is 0 Å². The maximum atomic E-state index is 12.4. The number of hydrogen-bond donors (Lipinski definition) is 1. The molecule has 0 spiro atoms. The Balaban J connectivity index is 1.82. The van der Waals surface area contributed by atoms with Gasteiger partial charge in [0.25, 0.3) is 0 Å². The van der Waals surface area contributed by atoms with Gasteiger partial charge in [-0.1, -0.05) is 20.8 Å². The smallest absolute Gasteiger partial charge is 0.241 e. The minimum absolute atomic E-state index is 0.0636. The zero-order chi connectivity index (χ0) is 13.8. The van der Waals surface area contributed by atoms with Crippen LogP contribution in [0, 0.1) is 5.92 Å². The van der Waals surface area contributed by atoms with Crippen LogP contribution in [0.4, 0.5) is 0 Å². The zero-order valence-corrected chi connectivity index (χ0v) is 12.7. The number of rotatable bonds is 5. The molecule has 2 saturated heterocycles. The molecule has 1 N–H and O–H groups in total. The molecular formula is C15H29N3O. The van der Waals surface area contributed by atoms with E-state index < -0.39 is 0 Å². The molecule has 110 valence electrons. The molecule has 4 heteroatoms. The lowest BCUT2D eigenvalue weighted by Crippen LogP contribution is -2.46. The maximum absolute atomic E-state index is 12.4. The van der Waals surface area contributed by atoms with Gasteiger partial charge in [-0.25, -0.2) is 0 Å². The highest BCUT2D eigenvalue weighted by Crippen LogP contribution is 2.21. The van der Waals surface area contributed by atoms with Gasteiger partial charge < -0.3 is 9.80 Å². The molecule has 2 aliphatic rings. The number of nitrogens with zero attached hydrogens (tertiary/aromatic N) is 2. The third-order valence-electron chi connectivity index (χ3n) is 4.33. The molecule has 0 radical (unpaired) electrons. The molecule has 4 nitrogen and oxygen atoms in total. The first-order chi connectivity index (χ1) is 9.11. The Hall–Kier alpha value is -0.610. The van der Waals surface area contributed by atoms with Gasteiger partial charge in [-0.05, 0) is 38.1 Å². The highest BCUT2D eigenvalue weighted by Gasteiger charge is 2.36. The van der Waals surface area contributed by atoms with E-state index in [0.29, 0.717) is 17.9 Å². The van der Waals surface area contributed by atoms with E-state index in [-0.39, 0.29) is 6.04 Å². The first kappa shape index (κ1) is 14.8. The van der Waals surface area contributed by atoms with E-state index in [9.17, 15) is 4.79 Å². The van der Waals surface area contributed by atoms with Gasteiger partial charge in [-0.3, -0.25) is 10.1 Å². The third kappa shape index (κ3) is 3.69. The minimum atomic E-state index is 0.0636. The topological polar surface area (TPSA) is 35.6 Å². The second kappa shape index (κ2) is 6.71. The van der Waals surface area contributed by atoms with E-state index in [1.165, 1.54) is 13.0 Å². The zero-order valence-electron chi connectivity index (χ0n) is 12.7. The fourth-order valence-electron chi connectivity index (χ4n) is 3.31. The molecule has 2 aliphatic heterocycles. The monoisotopic (exact) mass is 267 g/mol. The van der Waals surface area contributed by atoms with E-state index in [4.69, 9.17) is 0 Å². The van der Waals surface area contributed by atoms with Gasteiger partial charge in [0.15, 0.2) is 0 Å². The Kier molecular flexibility index (Phi) is 5.22. The van der Waals surface area contributed by atoms with Crippen molar-refractivity contribution in [2.75, 3.05) is 26.3 Å². The largest absolute Gasteiger partial charge is 0.325 e. The van der Waals surface area contributed by atoms with E-state index in [2.05, 4.69) is 35.9 Å².